The molecule has 176 valence electrons. The van der Waals surface area contributed by atoms with Gasteiger partial charge in [-0.3, -0.25) is 19.8 Å². The number of nitrogens with zero attached hydrogens (tertiary/aromatic N) is 2. The molecule has 0 radical (unpaired) electrons. The number of carbonyl (C=O) groups is 3. The number of aromatic nitrogens is 1. The number of fused-ring (bicyclic) bond motifs is 1. The smallest absolute Gasteiger partial charge is 0.331 e. The van der Waals surface area contributed by atoms with Gasteiger partial charge in [-0.05, 0) is 48.5 Å². The number of para-hydroxylation sites is 1. The molecule has 1 saturated heterocycles. The molecule has 2 aromatic heterocycles. The number of furan rings is 1. The van der Waals surface area contributed by atoms with Gasteiger partial charge in [-0.15, -0.1) is 0 Å². The quantitative estimate of drug-likeness (QED) is 0.273. The highest BCUT2D eigenvalue weighted by molar-refractivity contribution is 9.10. The number of halogens is 1. The molecule has 1 fully saturated rings. The van der Waals surface area contributed by atoms with Crippen LogP contribution in [0.3, 0.4) is 0 Å². The van der Waals surface area contributed by atoms with Gasteiger partial charge in [0.1, 0.15) is 23.7 Å². The van der Waals surface area contributed by atoms with E-state index in [2.05, 4.69) is 21.2 Å². The summed E-state index contributed by atoms with van der Waals surface area (Å²) in [5.41, 5.74) is 1.51. The molecular formula is C26H20BrN3O5. The Bertz CT molecular complexity index is 1440. The van der Waals surface area contributed by atoms with E-state index >= 15 is 0 Å². The topological polar surface area (TPSA) is 93.8 Å². The summed E-state index contributed by atoms with van der Waals surface area (Å²) in [6.07, 6.45) is 4.85. The van der Waals surface area contributed by atoms with Crippen LogP contribution in [0.25, 0.3) is 17.0 Å². The van der Waals surface area contributed by atoms with Crippen molar-refractivity contribution in [2.24, 2.45) is 0 Å². The molecule has 0 aliphatic carbocycles. The Balaban J connectivity index is 1.41. The van der Waals surface area contributed by atoms with E-state index in [0.717, 1.165) is 26.0 Å². The van der Waals surface area contributed by atoms with Crippen LogP contribution < -0.4 is 10.1 Å². The SMILES string of the molecule is O=C1NC(=O)N(Cc2ccco2)C(=O)/C1=C\c1cn(CCOc2ccc(Br)cc2)c2ccccc12. The molecule has 8 nitrogen and oxygen atoms in total. The van der Waals surface area contributed by atoms with Gasteiger partial charge in [-0.25, -0.2) is 4.79 Å². The average Bonchev–Trinajstić information content (AvgIpc) is 3.49. The third-order valence-corrected chi connectivity index (χ3v) is 6.14. The first kappa shape index (κ1) is 22.7. The average molecular weight is 534 g/mol. The maximum atomic E-state index is 13.1. The zero-order chi connectivity index (χ0) is 24.4. The second kappa shape index (κ2) is 9.63. The van der Waals surface area contributed by atoms with E-state index < -0.39 is 17.8 Å². The van der Waals surface area contributed by atoms with Crippen LogP contribution in [0.2, 0.25) is 0 Å². The number of benzene rings is 2. The van der Waals surface area contributed by atoms with Crippen molar-refractivity contribution in [1.82, 2.24) is 14.8 Å². The molecule has 2 aromatic carbocycles. The number of hydrogen-bond donors (Lipinski definition) is 1. The number of nitrogens with one attached hydrogen (secondary N) is 1. The summed E-state index contributed by atoms with van der Waals surface area (Å²) in [4.78, 5) is 38.9. The molecule has 35 heavy (non-hydrogen) atoms. The van der Waals surface area contributed by atoms with E-state index in [4.69, 9.17) is 9.15 Å². The number of imide groups is 2. The second-order valence-electron chi connectivity index (χ2n) is 7.89. The molecule has 9 heteroatoms. The van der Waals surface area contributed by atoms with E-state index in [1.165, 1.54) is 12.3 Å². The van der Waals surface area contributed by atoms with Crippen molar-refractivity contribution < 1.29 is 23.5 Å². The predicted octanol–water partition coefficient (Wildman–Crippen LogP) is 4.74. The van der Waals surface area contributed by atoms with Gasteiger partial charge in [0, 0.05) is 27.1 Å². The molecule has 5 rings (SSSR count). The standard InChI is InChI=1S/C26H20BrN3O5/c27-18-7-9-19(10-8-18)35-13-11-29-15-17(21-5-1-2-6-23(21)29)14-22-24(31)28-26(33)30(25(22)32)16-20-4-3-12-34-20/h1-10,12,14-15H,11,13,16H2,(H,28,31,33)/b22-14-. The van der Waals surface area contributed by atoms with Crippen molar-refractivity contribution >= 4 is 50.8 Å². The van der Waals surface area contributed by atoms with Gasteiger partial charge in [0.2, 0.25) is 0 Å². The molecular weight excluding hydrogens is 514 g/mol. The lowest BCUT2D eigenvalue weighted by Gasteiger charge is -2.25. The Morgan fingerprint density at radius 2 is 1.80 bits per heavy atom. The molecule has 3 heterocycles. The van der Waals surface area contributed by atoms with Crippen LogP contribution in [0.4, 0.5) is 4.79 Å². The molecule has 0 saturated carbocycles. The highest BCUT2D eigenvalue weighted by atomic mass is 79.9. The van der Waals surface area contributed by atoms with Crippen molar-refractivity contribution in [3.05, 3.63) is 94.5 Å². The van der Waals surface area contributed by atoms with Gasteiger partial charge in [-0.2, -0.15) is 0 Å². The molecule has 4 aromatic rings. The number of urea groups is 1. The summed E-state index contributed by atoms with van der Waals surface area (Å²) in [5, 5.41) is 3.11. The fourth-order valence-electron chi connectivity index (χ4n) is 3.92. The molecule has 1 aliphatic rings. The fourth-order valence-corrected chi connectivity index (χ4v) is 4.18. The molecule has 0 spiro atoms. The van der Waals surface area contributed by atoms with Gasteiger partial charge < -0.3 is 13.7 Å². The van der Waals surface area contributed by atoms with Crippen LogP contribution in [-0.4, -0.2) is 33.9 Å². The summed E-state index contributed by atoms with van der Waals surface area (Å²) in [5.74, 6) is -0.209. The van der Waals surface area contributed by atoms with Crippen molar-refractivity contribution in [3.63, 3.8) is 0 Å². The Morgan fingerprint density at radius 3 is 2.57 bits per heavy atom. The van der Waals surface area contributed by atoms with Gasteiger partial charge in [0.25, 0.3) is 11.8 Å². The third-order valence-electron chi connectivity index (χ3n) is 5.61. The molecule has 0 unspecified atom stereocenters. The van der Waals surface area contributed by atoms with Crippen molar-refractivity contribution in [2.75, 3.05) is 6.61 Å². The number of barbiturate groups is 1. The Kier molecular flexibility index (Phi) is 6.24. The van der Waals surface area contributed by atoms with Crippen LogP contribution in [0.5, 0.6) is 5.75 Å². The number of rotatable bonds is 7. The monoisotopic (exact) mass is 533 g/mol. The fraction of sp³-hybridized carbons (Fsp3) is 0.115. The Morgan fingerprint density at radius 1 is 1.00 bits per heavy atom. The lowest BCUT2D eigenvalue weighted by molar-refractivity contribution is -0.130. The van der Waals surface area contributed by atoms with Gasteiger partial charge in [-0.1, -0.05) is 34.1 Å². The summed E-state index contributed by atoms with van der Waals surface area (Å²) in [7, 11) is 0. The van der Waals surface area contributed by atoms with E-state index in [1.54, 1.807) is 12.1 Å². The predicted molar refractivity (Wildman–Crippen MR) is 132 cm³/mol. The molecule has 0 atom stereocenters. The minimum Gasteiger partial charge on any atom is -0.492 e. The largest absolute Gasteiger partial charge is 0.492 e. The van der Waals surface area contributed by atoms with Gasteiger partial charge in [0.15, 0.2) is 0 Å². The summed E-state index contributed by atoms with van der Waals surface area (Å²) >= 11 is 3.41. The maximum absolute atomic E-state index is 13.1. The van der Waals surface area contributed by atoms with Crippen LogP contribution in [0.15, 0.2) is 87.6 Å². The van der Waals surface area contributed by atoms with Gasteiger partial charge >= 0.3 is 6.03 Å². The minimum atomic E-state index is -0.777. The van der Waals surface area contributed by atoms with E-state index in [1.807, 2.05) is 59.3 Å². The summed E-state index contributed by atoms with van der Waals surface area (Å²) in [6, 6.07) is 17.8. The number of hydrogen-bond acceptors (Lipinski definition) is 5. The normalized spacial score (nSPS) is 15.2. The van der Waals surface area contributed by atoms with E-state index in [9.17, 15) is 14.4 Å². The molecule has 0 bridgehead atoms. The number of carbonyl (C=O) groups excluding carboxylic acids is 3. The van der Waals surface area contributed by atoms with Gasteiger partial charge in [0.05, 0.1) is 19.4 Å². The van der Waals surface area contributed by atoms with Crippen LogP contribution in [-0.2, 0) is 22.7 Å². The first-order valence-corrected chi connectivity index (χ1v) is 11.7. The van der Waals surface area contributed by atoms with Crippen LogP contribution in [0, 0.1) is 0 Å². The maximum Gasteiger partial charge on any atom is 0.331 e. The first-order valence-electron chi connectivity index (χ1n) is 10.9. The summed E-state index contributed by atoms with van der Waals surface area (Å²) in [6.45, 7) is 0.918. The van der Waals surface area contributed by atoms with Crippen molar-refractivity contribution in [2.45, 2.75) is 13.1 Å². The Hall–Kier alpha value is -4.11. The number of ether oxygens (including phenoxy) is 1. The van der Waals surface area contributed by atoms with Crippen molar-refractivity contribution in [1.29, 1.82) is 0 Å². The Labute approximate surface area is 208 Å². The highest BCUT2D eigenvalue weighted by Gasteiger charge is 2.36. The highest BCUT2D eigenvalue weighted by Crippen LogP contribution is 2.26. The zero-order valence-corrected chi connectivity index (χ0v) is 20.0. The van der Waals surface area contributed by atoms with Crippen molar-refractivity contribution in [3.8, 4) is 5.75 Å². The van der Waals surface area contributed by atoms with E-state index in [-0.39, 0.29) is 12.1 Å². The lowest BCUT2D eigenvalue weighted by atomic mass is 10.1. The zero-order valence-electron chi connectivity index (χ0n) is 18.4. The summed E-state index contributed by atoms with van der Waals surface area (Å²) < 4.78 is 14.1. The lowest BCUT2D eigenvalue weighted by Crippen LogP contribution is -2.53. The second-order valence-corrected chi connectivity index (χ2v) is 8.80. The minimum absolute atomic E-state index is 0.0720. The van der Waals surface area contributed by atoms with Crippen LogP contribution >= 0.6 is 15.9 Å². The van der Waals surface area contributed by atoms with Crippen LogP contribution in [0.1, 0.15) is 11.3 Å². The molecule has 1 N–H and O–H groups in total. The third kappa shape index (κ3) is 4.76. The molecule has 1 aliphatic heterocycles. The molecule has 4 amide bonds. The van der Waals surface area contributed by atoms with E-state index in [0.29, 0.717) is 24.5 Å². The first-order chi connectivity index (χ1) is 17.0. The number of amides is 4.